The molecule has 0 radical (unpaired) electrons. The smallest absolute Gasteiger partial charge is 0.122 e. The van der Waals surface area contributed by atoms with Crippen LogP contribution in [0.3, 0.4) is 0 Å². The van der Waals surface area contributed by atoms with Crippen LogP contribution in [0, 0.1) is 12.8 Å². The molecule has 0 bridgehead atoms. The lowest BCUT2D eigenvalue weighted by Gasteiger charge is -2.26. The Balaban J connectivity index is 2.25. The lowest BCUT2D eigenvalue weighted by molar-refractivity contribution is 0.0327. The fraction of sp³-hybridized carbons (Fsp3) is 0.647. The first-order valence-corrected chi connectivity index (χ1v) is 7.60. The molecular formula is C17H29NO3. The minimum absolute atomic E-state index is 0.240. The van der Waals surface area contributed by atoms with E-state index in [4.69, 9.17) is 4.74 Å². The van der Waals surface area contributed by atoms with Gasteiger partial charge in [-0.25, -0.2) is 0 Å². The van der Waals surface area contributed by atoms with E-state index in [2.05, 4.69) is 19.2 Å². The molecule has 21 heavy (non-hydrogen) atoms. The van der Waals surface area contributed by atoms with Crippen LogP contribution >= 0.6 is 0 Å². The van der Waals surface area contributed by atoms with Crippen LogP contribution in [0.1, 0.15) is 32.8 Å². The monoisotopic (exact) mass is 295 g/mol. The predicted molar refractivity (Wildman–Crippen MR) is 85.6 cm³/mol. The van der Waals surface area contributed by atoms with Gasteiger partial charge in [0.15, 0.2) is 0 Å². The number of aryl methyl sites for hydroxylation is 1. The van der Waals surface area contributed by atoms with Crippen LogP contribution in [0.15, 0.2) is 24.3 Å². The van der Waals surface area contributed by atoms with Crippen molar-refractivity contribution in [2.24, 2.45) is 5.92 Å². The summed E-state index contributed by atoms with van der Waals surface area (Å²) >= 11 is 0. The van der Waals surface area contributed by atoms with E-state index in [9.17, 15) is 10.2 Å². The zero-order chi connectivity index (χ0) is 15.9. The van der Waals surface area contributed by atoms with Crippen molar-refractivity contribution in [1.29, 1.82) is 0 Å². The van der Waals surface area contributed by atoms with Crippen LogP contribution in [0.5, 0.6) is 5.75 Å². The average molecular weight is 295 g/mol. The molecule has 120 valence electrons. The van der Waals surface area contributed by atoms with Crippen molar-refractivity contribution >= 4 is 0 Å². The molecule has 0 amide bonds. The second kappa shape index (κ2) is 8.37. The van der Waals surface area contributed by atoms with Crippen LogP contribution in [-0.4, -0.2) is 41.6 Å². The average Bonchev–Trinajstić information content (AvgIpc) is 2.36. The molecular weight excluding hydrogens is 266 g/mol. The van der Waals surface area contributed by atoms with Crippen molar-refractivity contribution in [2.45, 2.75) is 45.8 Å². The van der Waals surface area contributed by atoms with E-state index in [-0.39, 0.29) is 6.61 Å². The van der Waals surface area contributed by atoms with Crippen LogP contribution in [-0.2, 0) is 0 Å². The third-order valence-corrected chi connectivity index (χ3v) is 3.26. The predicted octanol–water partition coefficient (Wildman–Crippen LogP) is 2.12. The highest BCUT2D eigenvalue weighted by atomic mass is 16.5. The van der Waals surface area contributed by atoms with E-state index >= 15 is 0 Å². The summed E-state index contributed by atoms with van der Waals surface area (Å²) in [6.07, 6.45) is 0.134. The lowest BCUT2D eigenvalue weighted by atomic mass is 9.94. The molecule has 1 rings (SSSR count). The Morgan fingerprint density at radius 3 is 2.57 bits per heavy atom. The minimum atomic E-state index is -0.745. The number of para-hydroxylation sites is 1. The number of aliphatic hydroxyl groups excluding tert-OH is 1. The number of ether oxygens (including phenoxy) is 1. The van der Waals surface area contributed by atoms with Crippen LogP contribution in [0.25, 0.3) is 0 Å². The highest BCUT2D eigenvalue weighted by Crippen LogP contribution is 2.16. The molecule has 0 aliphatic heterocycles. The molecule has 4 nitrogen and oxygen atoms in total. The van der Waals surface area contributed by atoms with Gasteiger partial charge in [-0.05, 0) is 37.8 Å². The first kappa shape index (κ1) is 18.0. The Hall–Kier alpha value is -1.10. The minimum Gasteiger partial charge on any atom is -0.491 e. The lowest BCUT2D eigenvalue weighted by Crippen LogP contribution is -2.42. The molecule has 1 aromatic carbocycles. The van der Waals surface area contributed by atoms with E-state index in [1.165, 1.54) is 0 Å². The summed E-state index contributed by atoms with van der Waals surface area (Å²) in [7, 11) is 0. The van der Waals surface area contributed by atoms with Crippen molar-refractivity contribution in [3.63, 3.8) is 0 Å². The highest BCUT2D eigenvalue weighted by Gasteiger charge is 2.21. The maximum Gasteiger partial charge on any atom is 0.122 e. The summed E-state index contributed by atoms with van der Waals surface area (Å²) in [5.74, 6) is 1.24. The molecule has 0 aliphatic carbocycles. The molecule has 0 aromatic heterocycles. The Labute approximate surface area is 128 Å². The Bertz CT molecular complexity index is 418. The van der Waals surface area contributed by atoms with Crippen molar-refractivity contribution in [2.75, 3.05) is 19.7 Å². The van der Waals surface area contributed by atoms with Crippen LogP contribution < -0.4 is 10.1 Å². The zero-order valence-corrected chi connectivity index (χ0v) is 13.6. The van der Waals surface area contributed by atoms with E-state index in [1.54, 1.807) is 0 Å². The van der Waals surface area contributed by atoms with Gasteiger partial charge < -0.3 is 20.3 Å². The molecule has 2 atom stereocenters. The number of nitrogens with one attached hydrogen (secondary N) is 1. The van der Waals surface area contributed by atoms with Gasteiger partial charge in [0.05, 0.1) is 5.60 Å². The van der Waals surface area contributed by atoms with Gasteiger partial charge >= 0.3 is 0 Å². The molecule has 1 aromatic rings. The van der Waals surface area contributed by atoms with Gasteiger partial charge in [-0.15, -0.1) is 0 Å². The van der Waals surface area contributed by atoms with Gasteiger partial charge in [-0.2, -0.15) is 0 Å². The molecule has 0 saturated carbocycles. The van der Waals surface area contributed by atoms with Crippen LogP contribution in [0.2, 0.25) is 0 Å². The van der Waals surface area contributed by atoms with E-state index in [1.807, 2.05) is 38.1 Å². The summed E-state index contributed by atoms with van der Waals surface area (Å²) in [6, 6.07) is 7.74. The van der Waals surface area contributed by atoms with Gasteiger partial charge in [-0.1, -0.05) is 32.0 Å². The SMILES string of the molecule is Cc1ccccc1OCC(O)CNCC(C)(O)CC(C)C. The maximum absolute atomic E-state index is 10.2. The van der Waals surface area contributed by atoms with Crippen molar-refractivity contribution < 1.29 is 14.9 Å². The first-order valence-electron chi connectivity index (χ1n) is 7.60. The number of hydrogen-bond acceptors (Lipinski definition) is 4. The van der Waals surface area contributed by atoms with E-state index in [0.717, 1.165) is 17.7 Å². The van der Waals surface area contributed by atoms with E-state index in [0.29, 0.717) is 19.0 Å². The fourth-order valence-corrected chi connectivity index (χ4v) is 2.42. The second-order valence-corrected chi connectivity index (χ2v) is 6.46. The van der Waals surface area contributed by atoms with E-state index < -0.39 is 11.7 Å². The quantitative estimate of drug-likeness (QED) is 0.653. The topological polar surface area (TPSA) is 61.7 Å². The van der Waals surface area contributed by atoms with Gasteiger partial charge in [0.25, 0.3) is 0 Å². The summed E-state index contributed by atoms with van der Waals surface area (Å²) in [6.45, 7) is 9.06. The number of benzene rings is 1. The maximum atomic E-state index is 10.2. The number of aliphatic hydroxyl groups is 2. The molecule has 3 N–H and O–H groups in total. The molecule has 0 fully saturated rings. The summed E-state index contributed by atoms with van der Waals surface area (Å²) < 4.78 is 5.59. The van der Waals surface area contributed by atoms with Crippen LogP contribution in [0.4, 0.5) is 0 Å². The third kappa shape index (κ3) is 7.46. The first-order chi connectivity index (χ1) is 9.80. The van der Waals surface area contributed by atoms with Gasteiger partial charge in [-0.3, -0.25) is 0 Å². The molecule has 0 heterocycles. The van der Waals surface area contributed by atoms with Gasteiger partial charge in [0.2, 0.25) is 0 Å². The van der Waals surface area contributed by atoms with Crippen molar-refractivity contribution in [1.82, 2.24) is 5.32 Å². The normalized spacial score (nSPS) is 15.8. The summed E-state index contributed by atoms with van der Waals surface area (Å²) in [4.78, 5) is 0. The molecule has 0 aliphatic rings. The van der Waals surface area contributed by atoms with Gasteiger partial charge in [0, 0.05) is 13.1 Å². The standard InChI is InChI=1S/C17H29NO3/c1-13(2)9-17(4,20)12-18-10-15(19)11-21-16-8-6-5-7-14(16)3/h5-8,13,15,18-20H,9-12H2,1-4H3. The summed E-state index contributed by atoms with van der Waals surface area (Å²) in [5, 5.41) is 23.2. The summed E-state index contributed by atoms with van der Waals surface area (Å²) in [5.41, 5.74) is 0.308. The number of rotatable bonds is 9. The van der Waals surface area contributed by atoms with Crippen molar-refractivity contribution in [3.05, 3.63) is 29.8 Å². The Morgan fingerprint density at radius 2 is 1.95 bits per heavy atom. The zero-order valence-electron chi connectivity index (χ0n) is 13.6. The molecule has 2 unspecified atom stereocenters. The Morgan fingerprint density at radius 1 is 1.29 bits per heavy atom. The van der Waals surface area contributed by atoms with Crippen molar-refractivity contribution in [3.8, 4) is 5.75 Å². The van der Waals surface area contributed by atoms with Gasteiger partial charge in [0.1, 0.15) is 18.5 Å². The molecule has 0 saturated heterocycles. The second-order valence-electron chi connectivity index (χ2n) is 6.46. The fourth-order valence-electron chi connectivity index (χ4n) is 2.42. The highest BCUT2D eigenvalue weighted by molar-refractivity contribution is 5.31. The molecule has 0 spiro atoms. The largest absolute Gasteiger partial charge is 0.491 e. The number of hydrogen-bond donors (Lipinski definition) is 3. The Kier molecular flexibility index (Phi) is 7.15. The molecule has 4 heteroatoms. The third-order valence-electron chi connectivity index (χ3n) is 3.26.